The van der Waals surface area contributed by atoms with Crippen LogP contribution in [0.2, 0.25) is 0 Å². The van der Waals surface area contributed by atoms with E-state index in [-0.39, 0.29) is 11.9 Å². The summed E-state index contributed by atoms with van der Waals surface area (Å²) in [5.74, 6) is 0.312. The van der Waals surface area contributed by atoms with E-state index in [1.54, 1.807) is 7.05 Å². The normalized spacial score (nSPS) is 21.2. The van der Waals surface area contributed by atoms with E-state index >= 15 is 0 Å². The lowest BCUT2D eigenvalue weighted by molar-refractivity contribution is -0.135. The largest absolute Gasteiger partial charge is 0.327 e. The first-order valence-electron chi connectivity index (χ1n) is 9.06. The molecule has 0 aromatic carbocycles. The number of imide groups is 1. The number of likely N-dealkylation sites (tertiary alicyclic amines) is 1. The van der Waals surface area contributed by atoms with E-state index < -0.39 is 5.54 Å². The first kappa shape index (κ1) is 17.9. The maximum atomic E-state index is 12.8. The fourth-order valence-corrected chi connectivity index (χ4v) is 4.00. The van der Waals surface area contributed by atoms with E-state index in [1.165, 1.54) is 16.2 Å². The molecule has 25 heavy (non-hydrogen) atoms. The number of aryl methyl sites for hydroxylation is 1. The highest BCUT2D eigenvalue weighted by atomic mass is 16.2. The van der Waals surface area contributed by atoms with E-state index in [4.69, 9.17) is 0 Å². The summed E-state index contributed by atoms with van der Waals surface area (Å²) in [6, 6.07) is -0.143. The predicted molar refractivity (Wildman–Crippen MR) is 94.9 cm³/mol. The number of aromatic nitrogens is 2. The van der Waals surface area contributed by atoms with Crippen molar-refractivity contribution < 1.29 is 9.59 Å². The standard InChI is InChI=1S/C18H29N5O2/c1-13(2)11-23-17(25)20(4)16(24)18(23)6-8-22(9-7-18)12-15-10-19-21(5)14(15)3/h10,13H,6-9,11-12H2,1-5H3. The number of hydrogen-bond acceptors (Lipinski definition) is 4. The second-order valence-electron chi connectivity index (χ2n) is 7.84. The molecule has 0 saturated carbocycles. The van der Waals surface area contributed by atoms with Crippen molar-refractivity contribution in [2.75, 3.05) is 26.7 Å². The summed E-state index contributed by atoms with van der Waals surface area (Å²) in [6.07, 6.45) is 3.32. The van der Waals surface area contributed by atoms with E-state index in [1.807, 2.05) is 22.8 Å². The van der Waals surface area contributed by atoms with Gasteiger partial charge >= 0.3 is 6.03 Å². The van der Waals surface area contributed by atoms with Crippen LogP contribution in [-0.4, -0.2) is 68.6 Å². The van der Waals surface area contributed by atoms with Crippen LogP contribution in [0.1, 0.15) is 37.9 Å². The Morgan fingerprint density at radius 1 is 1.20 bits per heavy atom. The number of piperidine rings is 1. The van der Waals surface area contributed by atoms with Gasteiger partial charge in [-0.05, 0) is 25.7 Å². The third-order valence-corrected chi connectivity index (χ3v) is 5.70. The zero-order valence-corrected chi connectivity index (χ0v) is 15.9. The third kappa shape index (κ3) is 2.94. The minimum Gasteiger partial charge on any atom is -0.309 e. The summed E-state index contributed by atoms with van der Waals surface area (Å²) >= 11 is 0. The van der Waals surface area contributed by atoms with Crippen LogP contribution in [0.5, 0.6) is 0 Å². The van der Waals surface area contributed by atoms with Crippen molar-refractivity contribution in [3.05, 3.63) is 17.5 Å². The maximum absolute atomic E-state index is 12.8. The summed E-state index contributed by atoms with van der Waals surface area (Å²) in [6.45, 7) is 9.36. The number of amides is 3. The molecule has 1 spiro atoms. The molecule has 3 amide bonds. The SMILES string of the molecule is Cc1c(CN2CCC3(CC2)C(=O)N(C)C(=O)N3CC(C)C)cnn1C. The van der Waals surface area contributed by atoms with Gasteiger partial charge in [0.2, 0.25) is 0 Å². The fraction of sp³-hybridized carbons (Fsp3) is 0.722. The van der Waals surface area contributed by atoms with Gasteiger partial charge in [0, 0.05) is 51.5 Å². The van der Waals surface area contributed by atoms with Crippen molar-refractivity contribution in [2.24, 2.45) is 13.0 Å². The Hall–Kier alpha value is -1.89. The highest BCUT2D eigenvalue weighted by Crippen LogP contribution is 2.37. The van der Waals surface area contributed by atoms with Gasteiger partial charge in [-0.15, -0.1) is 0 Å². The summed E-state index contributed by atoms with van der Waals surface area (Å²) in [5.41, 5.74) is 1.76. The Labute approximate surface area is 149 Å². The number of rotatable bonds is 4. The van der Waals surface area contributed by atoms with Gasteiger partial charge < -0.3 is 4.90 Å². The number of carbonyl (C=O) groups excluding carboxylic acids is 2. The van der Waals surface area contributed by atoms with E-state index in [9.17, 15) is 9.59 Å². The molecule has 1 aromatic heterocycles. The smallest absolute Gasteiger partial charge is 0.309 e. The van der Waals surface area contributed by atoms with E-state index in [0.29, 0.717) is 25.3 Å². The third-order valence-electron chi connectivity index (χ3n) is 5.70. The molecule has 0 unspecified atom stereocenters. The zero-order chi connectivity index (χ0) is 18.4. The van der Waals surface area contributed by atoms with Gasteiger partial charge in [-0.2, -0.15) is 5.10 Å². The monoisotopic (exact) mass is 347 g/mol. The molecule has 0 N–H and O–H groups in total. The van der Waals surface area contributed by atoms with Crippen molar-refractivity contribution in [1.82, 2.24) is 24.5 Å². The summed E-state index contributed by atoms with van der Waals surface area (Å²) in [7, 11) is 3.56. The van der Waals surface area contributed by atoms with Gasteiger partial charge in [0.15, 0.2) is 0 Å². The molecular weight excluding hydrogens is 318 g/mol. The molecule has 1 aromatic rings. The molecule has 0 bridgehead atoms. The van der Waals surface area contributed by atoms with Crippen LogP contribution in [-0.2, 0) is 18.4 Å². The van der Waals surface area contributed by atoms with E-state index in [2.05, 4.69) is 30.8 Å². The first-order valence-corrected chi connectivity index (χ1v) is 9.06. The first-order chi connectivity index (χ1) is 11.8. The van der Waals surface area contributed by atoms with Crippen molar-refractivity contribution in [2.45, 2.75) is 45.7 Å². The highest BCUT2D eigenvalue weighted by molar-refractivity contribution is 6.06. The topological polar surface area (TPSA) is 61.7 Å². The van der Waals surface area contributed by atoms with Gasteiger partial charge in [-0.3, -0.25) is 19.3 Å². The molecule has 138 valence electrons. The molecule has 2 saturated heterocycles. The van der Waals surface area contributed by atoms with Crippen LogP contribution in [0.3, 0.4) is 0 Å². The molecule has 2 aliphatic rings. The molecule has 0 atom stereocenters. The lowest BCUT2D eigenvalue weighted by Gasteiger charge is -2.42. The Balaban J connectivity index is 1.73. The van der Waals surface area contributed by atoms with Crippen LogP contribution >= 0.6 is 0 Å². The van der Waals surface area contributed by atoms with Crippen molar-refractivity contribution >= 4 is 11.9 Å². The minimum absolute atomic E-state index is 0.0321. The summed E-state index contributed by atoms with van der Waals surface area (Å²) in [5, 5.41) is 4.31. The zero-order valence-electron chi connectivity index (χ0n) is 15.9. The highest BCUT2D eigenvalue weighted by Gasteiger charge is 2.56. The fourth-order valence-electron chi connectivity index (χ4n) is 4.00. The number of nitrogens with zero attached hydrogens (tertiary/aromatic N) is 5. The summed E-state index contributed by atoms with van der Waals surface area (Å²) < 4.78 is 1.89. The van der Waals surface area contributed by atoms with Crippen molar-refractivity contribution in [1.29, 1.82) is 0 Å². The lowest BCUT2D eigenvalue weighted by atomic mass is 9.85. The average molecular weight is 347 g/mol. The van der Waals surface area contributed by atoms with Gasteiger partial charge in [0.05, 0.1) is 6.20 Å². The van der Waals surface area contributed by atoms with Crippen LogP contribution in [0, 0.1) is 12.8 Å². The predicted octanol–water partition coefficient (Wildman–Crippen LogP) is 1.61. The molecular formula is C18H29N5O2. The van der Waals surface area contributed by atoms with Gasteiger partial charge in [-0.25, -0.2) is 4.79 Å². The molecule has 3 heterocycles. The van der Waals surface area contributed by atoms with Crippen LogP contribution in [0.25, 0.3) is 0 Å². The van der Waals surface area contributed by atoms with Crippen LogP contribution in [0.4, 0.5) is 4.79 Å². The number of urea groups is 1. The Bertz CT molecular complexity index is 673. The Kier molecular flexibility index (Phi) is 4.62. The number of carbonyl (C=O) groups is 2. The second-order valence-corrected chi connectivity index (χ2v) is 7.84. The minimum atomic E-state index is -0.642. The molecule has 2 fully saturated rings. The summed E-state index contributed by atoms with van der Waals surface area (Å²) in [4.78, 5) is 30.9. The van der Waals surface area contributed by atoms with Crippen LogP contribution < -0.4 is 0 Å². The van der Waals surface area contributed by atoms with Gasteiger partial charge in [-0.1, -0.05) is 13.8 Å². The van der Waals surface area contributed by atoms with Crippen molar-refractivity contribution in [3.63, 3.8) is 0 Å². The van der Waals surface area contributed by atoms with Gasteiger partial charge in [0.25, 0.3) is 5.91 Å². The van der Waals surface area contributed by atoms with Gasteiger partial charge in [0.1, 0.15) is 5.54 Å². The second kappa shape index (κ2) is 6.44. The number of likely N-dealkylation sites (N-methyl/N-ethyl adjacent to an activating group) is 1. The lowest BCUT2D eigenvalue weighted by Crippen LogP contribution is -2.57. The van der Waals surface area contributed by atoms with E-state index in [0.717, 1.165) is 19.6 Å². The molecule has 7 heteroatoms. The molecule has 0 radical (unpaired) electrons. The molecule has 3 rings (SSSR count). The van der Waals surface area contributed by atoms with Crippen LogP contribution in [0.15, 0.2) is 6.20 Å². The molecule has 2 aliphatic heterocycles. The quantitative estimate of drug-likeness (QED) is 0.777. The Morgan fingerprint density at radius 3 is 2.36 bits per heavy atom. The maximum Gasteiger partial charge on any atom is 0.327 e. The average Bonchev–Trinajstić information content (AvgIpc) is 2.97. The molecule has 0 aliphatic carbocycles. The molecule has 7 nitrogen and oxygen atoms in total. The number of hydrogen-bond donors (Lipinski definition) is 0. The van der Waals surface area contributed by atoms with Crippen molar-refractivity contribution in [3.8, 4) is 0 Å². The Morgan fingerprint density at radius 2 is 1.84 bits per heavy atom.